The summed E-state index contributed by atoms with van der Waals surface area (Å²) in [6.45, 7) is 6.12. The van der Waals surface area contributed by atoms with Gasteiger partial charge < -0.3 is 10.1 Å². The van der Waals surface area contributed by atoms with Crippen molar-refractivity contribution >= 4 is 11.3 Å². The SMILES string of the molecule is COCCNC(c1nc(C(C)C)cs1)C1CCCCCC1. The highest BCUT2D eigenvalue weighted by Gasteiger charge is 2.26. The van der Waals surface area contributed by atoms with Gasteiger partial charge in [-0.25, -0.2) is 4.98 Å². The minimum Gasteiger partial charge on any atom is -0.383 e. The van der Waals surface area contributed by atoms with Crippen molar-refractivity contribution in [3.8, 4) is 0 Å². The number of aromatic nitrogens is 1. The highest BCUT2D eigenvalue weighted by molar-refractivity contribution is 7.09. The molecule has 0 aliphatic heterocycles. The van der Waals surface area contributed by atoms with Crippen molar-refractivity contribution in [1.29, 1.82) is 0 Å². The van der Waals surface area contributed by atoms with E-state index in [1.54, 1.807) is 7.11 Å². The molecule has 1 heterocycles. The van der Waals surface area contributed by atoms with Crippen LogP contribution in [0, 0.1) is 5.92 Å². The number of nitrogens with zero attached hydrogens (tertiary/aromatic N) is 1. The maximum atomic E-state index is 5.20. The lowest BCUT2D eigenvalue weighted by atomic mass is 9.92. The number of nitrogens with one attached hydrogen (secondary N) is 1. The van der Waals surface area contributed by atoms with E-state index in [-0.39, 0.29) is 0 Å². The van der Waals surface area contributed by atoms with Gasteiger partial charge in [-0.15, -0.1) is 11.3 Å². The third-order valence-corrected chi connectivity index (χ3v) is 5.39. The van der Waals surface area contributed by atoms with Crippen LogP contribution in [0.4, 0.5) is 0 Å². The Morgan fingerprint density at radius 3 is 2.57 bits per heavy atom. The number of hydrogen-bond donors (Lipinski definition) is 1. The van der Waals surface area contributed by atoms with Gasteiger partial charge in [0, 0.05) is 19.0 Å². The van der Waals surface area contributed by atoms with Crippen molar-refractivity contribution in [1.82, 2.24) is 10.3 Å². The largest absolute Gasteiger partial charge is 0.383 e. The number of thiazole rings is 1. The van der Waals surface area contributed by atoms with Crippen LogP contribution in [-0.4, -0.2) is 25.2 Å². The van der Waals surface area contributed by atoms with Gasteiger partial charge in [0.1, 0.15) is 5.01 Å². The van der Waals surface area contributed by atoms with Crippen molar-refractivity contribution in [3.63, 3.8) is 0 Å². The summed E-state index contributed by atoms with van der Waals surface area (Å²) < 4.78 is 5.20. The summed E-state index contributed by atoms with van der Waals surface area (Å²) in [4.78, 5) is 4.91. The van der Waals surface area contributed by atoms with Gasteiger partial charge >= 0.3 is 0 Å². The second kappa shape index (κ2) is 8.86. The Morgan fingerprint density at radius 2 is 2.00 bits per heavy atom. The second-order valence-electron chi connectivity index (χ2n) is 6.44. The van der Waals surface area contributed by atoms with E-state index in [9.17, 15) is 0 Å². The van der Waals surface area contributed by atoms with Gasteiger partial charge in [-0.05, 0) is 24.7 Å². The third-order valence-electron chi connectivity index (χ3n) is 4.44. The molecule has 1 saturated carbocycles. The molecule has 1 aliphatic carbocycles. The molecule has 0 bridgehead atoms. The molecule has 1 aromatic rings. The maximum absolute atomic E-state index is 5.20. The van der Waals surface area contributed by atoms with Gasteiger partial charge in [0.2, 0.25) is 0 Å². The summed E-state index contributed by atoms with van der Waals surface area (Å²) in [5.41, 5.74) is 1.24. The first-order valence-electron chi connectivity index (χ1n) is 8.40. The van der Waals surface area contributed by atoms with Crippen molar-refractivity contribution in [2.45, 2.75) is 64.3 Å². The molecule has 1 aliphatic rings. The summed E-state index contributed by atoms with van der Waals surface area (Å²) in [6, 6.07) is 0.413. The number of rotatable bonds is 7. The fourth-order valence-electron chi connectivity index (χ4n) is 3.13. The van der Waals surface area contributed by atoms with Crippen LogP contribution in [0.25, 0.3) is 0 Å². The zero-order valence-corrected chi connectivity index (χ0v) is 14.5. The fraction of sp³-hybridized carbons (Fsp3) is 0.824. The molecule has 21 heavy (non-hydrogen) atoms. The molecule has 0 amide bonds. The first-order valence-corrected chi connectivity index (χ1v) is 9.28. The quantitative estimate of drug-likeness (QED) is 0.594. The summed E-state index contributed by atoms with van der Waals surface area (Å²) in [5, 5.41) is 7.23. The molecule has 0 spiro atoms. The van der Waals surface area contributed by atoms with Crippen molar-refractivity contribution in [2.75, 3.05) is 20.3 Å². The molecule has 4 heteroatoms. The Hall–Kier alpha value is -0.450. The topological polar surface area (TPSA) is 34.1 Å². The molecule has 0 aromatic carbocycles. The summed E-state index contributed by atoms with van der Waals surface area (Å²) in [6.07, 6.45) is 8.21. The predicted octanol–water partition coefficient (Wildman–Crippen LogP) is 4.51. The minimum absolute atomic E-state index is 0.413. The highest BCUT2D eigenvalue weighted by Crippen LogP contribution is 2.35. The van der Waals surface area contributed by atoms with Gasteiger partial charge in [0.15, 0.2) is 0 Å². The molecule has 1 atom stereocenters. The summed E-state index contributed by atoms with van der Waals surface area (Å²) in [5.74, 6) is 1.25. The smallest absolute Gasteiger partial charge is 0.110 e. The third kappa shape index (κ3) is 5.04. The van der Waals surface area contributed by atoms with Crippen molar-refractivity contribution in [3.05, 3.63) is 16.1 Å². The van der Waals surface area contributed by atoms with E-state index in [0.29, 0.717) is 12.0 Å². The molecule has 1 fully saturated rings. The number of methoxy groups -OCH3 is 1. The molecule has 1 aromatic heterocycles. The molecule has 2 rings (SSSR count). The first-order chi connectivity index (χ1) is 10.2. The van der Waals surface area contributed by atoms with Crippen molar-refractivity contribution in [2.24, 2.45) is 5.92 Å². The number of hydrogen-bond acceptors (Lipinski definition) is 4. The Morgan fingerprint density at radius 1 is 1.29 bits per heavy atom. The summed E-state index contributed by atoms with van der Waals surface area (Å²) in [7, 11) is 1.77. The van der Waals surface area contributed by atoms with E-state index in [4.69, 9.17) is 9.72 Å². The molecule has 1 N–H and O–H groups in total. The second-order valence-corrected chi connectivity index (χ2v) is 7.33. The average molecular weight is 311 g/mol. The minimum atomic E-state index is 0.413. The van der Waals surface area contributed by atoms with Crippen molar-refractivity contribution < 1.29 is 4.74 Å². The van der Waals surface area contributed by atoms with E-state index < -0.39 is 0 Å². The van der Waals surface area contributed by atoms with Crippen LogP contribution in [0.3, 0.4) is 0 Å². The van der Waals surface area contributed by atoms with Crippen LogP contribution in [-0.2, 0) is 4.74 Å². The highest BCUT2D eigenvalue weighted by atomic mass is 32.1. The lowest BCUT2D eigenvalue weighted by Gasteiger charge is -2.25. The zero-order valence-electron chi connectivity index (χ0n) is 13.7. The van der Waals surface area contributed by atoms with E-state index in [1.807, 2.05) is 11.3 Å². The zero-order chi connectivity index (χ0) is 15.1. The van der Waals surface area contributed by atoms with E-state index in [1.165, 1.54) is 49.2 Å². The van der Waals surface area contributed by atoms with E-state index >= 15 is 0 Å². The normalized spacial score (nSPS) is 18.9. The molecule has 120 valence electrons. The van der Waals surface area contributed by atoms with E-state index in [0.717, 1.165) is 19.1 Å². The molecular weight excluding hydrogens is 280 g/mol. The van der Waals surface area contributed by atoms with Crippen LogP contribution in [0.1, 0.15) is 75.0 Å². The monoisotopic (exact) mass is 310 g/mol. The summed E-state index contributed by atoms with van der Waals surface area (Å²) >= 11 is 1.83. The van der Waals surface area contributed by atoms with Gasteiger partial charge in [0.25, 0.3) is 0 Å². The molecule has 3 nitrogen and oxygen atoms in total. The van der Waals surface area contributed by atoms with Gasteiger partial charge in [0.05, 0.1) is 18.3 Å². The van der Waals surface area contributed by atoms with Gasteiger partial charge in [-0.1, -0.05) is 39.5 Å². The Kier molecular flexibility index (Phi) is 7.14. The Labute approximate surface area is 133 Å². The lowest BCUT2D eigenvalue weighted by molar-refractivity contribution is 0.188. The standard InChI is InChI=1S/C17H30N2OS/c1-13(2)15-12-21-17(19-15)16(18-10-11-20-3)14-8-6-4-5-7-9-14/h12-14,16,18H,4-11H2,1-3H3. The van der Waals surface area contributed by atoms with Gasteiger partial charge in [-0.3, -0.25) is 0 Å². The first kappa shape index (κ1) is 16.9. The predicted molar refractivity (Wildman–Crippen MR) is 90.0 cm³/mol. The van der Waals surface area contributed by atoms with Crippen LogP contribution >= 0.6 is 11.3 Å². The average Bonchev–Trinajstić information content (AvgIpc) is 2.80. The van der Waals surface area contributed by atoms with Crippen LogP contribution < -0.4 is 5.32 Å². The molecule has 1 unspecified atom stereocenters. The molecule has 0 radical (unpaired) electrons. The number of ether oxygens (including phenoxy) is 1. The van der Waals surface area contributed by atoms with Gasteiger partial charge in [-0.2, -0.15) is 0 Å². The Balaban J connectivity index is 2.09. The lowest BCUT2D eigenvalue weighted by Crippen LogP contribution is -2.31. The maximum Gasteiger partial charge on any atom is 0.110 e. The van der Waals surface area contributed by atoms with Crippen LogP contribution in [0.5, 0.6) is 0 Å². The molecular formula is C17H30N2OS. The Bertz CT molecular complexity index is 397. The molecule has 0 saturated heterocycles. The van der Waals surface area contributed by atoms with Crippen LogP contribution in [0.2, 0.25) is 0 Å². The fourth-order valence-corrected chi connectivity index (χ4v) is 4.27. The van der Waals surface area contributed by atoms with E-state index in [2.05, 4.69) is 24.5 Å². The van der Waals surface area contributed by atoms with Crippen LogP contribution in [0.15, 0.2) is 5.38 Å².